The van der Waals surface area contributed by atoms with Crippen LogP contribution in [0.3, 0.4) is 0 Å². The van der Waals surface area contributed by atoms with Gasteiger partial charge >= 0.3 is 11.9 Å². The summed E-state index contributed by atoms with van der Waals surface area (Å²) in [5, 5.41) is 0. The molecule has 4 rings (SSSR count). The maximum atomic E-state index is 12.4. The van der Waals surface area contributed by atoms with Crippen LogP contribution in [-0.4, -0.2) is 11.9 Å². The van der Waals surface area contributed by atoms with Crippen molar-refractivity contribution >= 4 is 11.9 Å². The van der Waals surface area contributed by atoms with Gasteiger partial charge in [-0.1, -0.05) is 64.1 Å². The molecule has 4 nitrogen and oxygen atoms in total. The minimum absolute atomic E-state index is 0.0194. The van der Waals surface area contributed by atoms with E-state index in [0.717, 1.165) is 18.4 Å². The van der Waals surface area contributed by atoms with E-state index in [2.05, 4.69) is 26.8 Å². The van der Waals surface area contributed by atoms with Crippen LogP contribution in [-0.2, 0) is 15.6 Å². The largest absolute Gasteiger partial charge is 0.427 e. The predicted octanol–water partition coefficient (Wildman–Crippen LogP) is 6.60. The summed E-state index contributed by atoms with van der Waals surface area (Å²) in [6, 6.07) is 22.7. The first-order valence-electron chi connectivity index (χ1n) is 11.5. The summed E-state index contributed by atoms with van der Waals surface area (Å²) in [7, 11) is 0. The van der Waals surface area contributed by atoms with Crippen LogP contribution in [0.25, 0.3) is 0 Å². The van der Waals surface area contributed by atoms with Crippen LogP contribution in [0.2, 0.25) is 0 Å². The third kappa shape index (κ3) is 4.56. The average Bonchev–Trinajstić information content (AvgIpc) is 3.00. The number of carbonyl (C=O) groups is 2. The van der Waals surface area contributed by atoms with E-state index in [1.807, 2.05) is 61.5 Å². The van der Waals surface area contributed by atoms with Gasteiger partial charge in [0.25, 0.3) is 0 Å². The van der Waals surface area contributed by atoms with Crippen LogP contribution < -0.4 is 9.47 Å². The molecule has 0 radical (unpaired) electrons. The molecular weight excluding hydrogens is 412 g/mol. The van der Waals surface area contributed by atoms with Crippen molar-refractivity contribution in [2.75, 3.05) is 0 Å². The summed E-state index contributed by atoms with van der Waals surface area (Å²) in [4.78, 5) is 24.4. The summed E-state index contributed by atoms with van der Waals surface area (Å²) in [6.45, 7) is 8.68. The van der Waals surface area contributed by atoms with Crippen molar-refractivity contribution in [3.63, 3.8) is 0 Å². The summed E-state index contributed by atoms with van der Waals surface area (Å²) < 4.78 is 11.1. The second-order valence-corrected chi connectivity index (χ2v) is 9.60. The zero-order valence-electron chi connectivity index (χ0n) is 19.7. The average molecular weight is 443 g/mol. The number of ether oxygens (including phenoxy) is 2. The Morgan fingerprint density at radius 2 is 1.48 bits per heavy atom. The molecule has 0 aromatic heterocycles. The zero-order chi connectivity index (χ0) is 23.6. The van der Waals surface area contributed by atoms with E-state index in [4.69, 9.17) is 9.47 Å². The van der Waals surface area contributed by atoms with Crippen molar-refractivity contribution < 1.29 is 19.1 Å². The Morgan fingerprint density at radius 3 is 2.15 bits per heavy atom. The van der Waals surface area contributed by atoms with E-state index >= 15 is 0 Å². The lowest BCUT2D eigenvalue weighted by molar-refractivity contribution is -0.134. The maximum Gasteiger partial charge on any atom is 0.343 e. The van der Waals surface area contributed by atoms with E-state index < -0.39 is 0 Å². The number of hydrogen-bond donors (Lipinski definition) is 0. The minimum atomic E-state index is -0.375. The molecular formula is C29H30O4. The molecule has 3 aromatic carbocycles. The molecule has 0 saturated heterocycles. The molecule has 0 aliphatic heterocycles. The van der Waals surface area contributed by atoms with Gasteiger partial charge in [-0.2, -0.15) is 0 Å². The van der Waals surface area contributed by atoms with Gasteiger partial charge in [0, 0.05) is 11.8 Å². The Kier molecular flexibility index (Phi) is 6.11. The first-order chi connectivity index (χ1) is 15.7. The molecule has 0 bridgehead atoms. The first-order valence-corrected chi connectivity index (χ1v) is 11.5. The van der Waals surface area contributed by atoms with Gasteiger partial charge in [-0.05, 0) is 71.3 Å². The number of carbonyl (C=O) groups excluding carboxylic acids is 2. The SMILES string of the molecule is CCCC(=O)Oc1ccc2c(c1)C(C)(c1ccc(OC(=O)c3ccccc3)cc1)CC2(C)C. The minimum Gasteiger partial charge on any atom is -0.427 e. The molecule has 4 heteroatoms. The molecule has 0 saturated carbocycles. The number of esters is 2. The summed E-state index contributed by atoms with van der Waals surface area (Å²) >= 11 is 0. The number of hydrogen-bond acceptors (Lipinski definition) is 4. The summed E-state index contributed by atoms with van der Waals surface area (Å²) in [5.74, 6) is 0.516. The highest BCUT2D eigenvalue weighted by Gasteiger charge is 2.46. The lowest BCUT2D eigenvalue weighted by Crippen LogP contribution is -2.23. The van der Waals surface area contributed by atoms with Gasteiger partial charge in [0.05, 0.1) is 5.56 Å². The van der Waals surface area contributed by atoms with Crippen molar-refractivity contribution in [1.82, 2.24) is 0 Å². The highest BCUT2D eigenvalue weighted by Crippen LogP contribution is 2.53. The Balaban J connectivity index is 1.61. The maximum absolute atomic E-state index is 12.4. The molecule has 0 amide bonds. The van der Waals surface area contributed by atoms with E-state index in [1.54, 1.807) is 12.1 Å². The van der Waals surface area contributed by atoms with Gasteiger partial charge in [0.1, 0.15) is 11.5 Å². The molecule has 1 unspecified atom stereocenters. The lowest BCUT2D eigenvalue weighted by Gasteiger charge is -2.28. The van der Waals surface area contributed by atoms with Crippen LogP contribution in [0.15, 0.2) is 72.8 Å². The Hall–Kier alpha value is -3.40. The van der Waals surface area contributed by atoms with Crippen LogP contribution in [0.5, 0.6) is 11.5 Å². The number of rotatable bonds is 6. The predicted molar refractivity (Wildman–Crippen MR) is 129 cm³/mol. The van der Waals surface area contributed by atoms with E-state index in [9.17, 15) is 9.59 Å². The van der Waals surface area contributed by atoms with Gasteiger partial charge in [0.2, 0.25) is 0 Å². The fourth-order valence-electron chi connectivity index (χ4n) is 4.98. The van der Waals surface area contributed by atoms with E-state index in [-0.39, 0.29) is 22.8 Å². The lowest BCUT2D eigenvalue weighted by atomic mass is 9.75. The van der Waals surface area contributed by atoms with E-state index in [0.29, 0.717) is 23.5 Å². The third-order valence-electron chi connectivity index (χ3n) is 6.51. The Morgan fingerprint density at radius 1 is 0.818 bits per heavy atom. The Labute approximate surface area is 195 Å². The monoisotopic (exact) mass is 442 g/mol. The fourth-order valence-corrected chi connectivity index (χ4v) is 4.98. The van der Waals surface area contributed by atoms with Crippen molar-refractivity contribution in [2.24, 2.45) is 0 Å². The second kappa shape index (κ2) is 8.86. The molecule has 1 aliphatic carbocycles. The number of fused-ring (bicyclic) bond motifs is 1. The van der Waals surface area contributed by atoms with Gasteiger partial charge in [0.15, 0.2) is 0 Å². The van der Waals surface area contributed by atoms with Crippen molar-refractivity contribution in [2.45, 2.75) is 57.8 Å². The topological polar surface area (TPSA) is 52.6 Å². The summed E-state index contributed by atoms with van der Waals surface area (Å²) in [6.07, 6.45) is 2.09. The molecule has 0 fully saturated rings. The van der Waals surface area contributed by atoms with Crippen molar-refractivity contribution in [3.8, 4) is 11.5 Å². The highest BCUT2D eigenvalue weighted by atomic mass is 16.5. The van der Waals surface area contributed by atoms with Crippen LogP contribution in [0.4, 0.5) is 0 Å². The first kappa shape index (κ1) is 22.8. The van der Waals surface area contributed by atoms with Gasteiger partial charge in [-0.15, -0.1) is 0 Å². The molecule has 1 aliphatic rings. The number of benzene rings is 3. The van der Waals surface area contributed by atoms with Gasteiger partial charge in [-0.3, -0.25) is 4.79 Å². The quantitative estimate of drug-likeness (QED) is 0.319. The second-order valence-electron chi connectivity index (χ2n) is 9.60. The van der Waals surface area contributed by atoms with Gasteiger partial charge in [-0.25, -0.2) is 4.79 Å². The van der Waals surface area contributed by atoms with Crippen LogP contribution >= 0.6 is 0 Å². The smallest absolute Gasteiger partial charge is 0.343 e. The molecule has 0 heterocycles. The highest BCUT2D eigenvalue weighted by molar-refractivity contribution is 5.90. The van der Waals surface area contributed by atoms with Crippen molar-refractivity contribution in [3.05, 3.63) is 95.1 Å². The zero-order valence-corrected chi connectivity index (χ0v) is 19.7. The molecule has 3 aromatic rings. The molecule has 0 N–H and O–H groups in total. The van der Waals surface area contributed by atoms with Crippen molar-refractivity contribution in [1.29, 1.82) is 0 Å². The molecule has 1 atom stereocenters. The molecule has 170 valence electrons. The molecule has 33 heavy (non-hydrogen) atoms. The Bertz CT molecular complexity index is 1160. The molecule has 0 spiro atoms. The van der Waals surface area contributed by atoms with E-state index in [1.165, 1.54) is 11.1 Å². The summed E-state index contributed by atoms with van der Waals surface area (Å²) in [5.41, 5.74) is 3.81. The fraction of sp³-hybridized carbons (Fsp3) is 0.310. The normalized spacial score (nSPS) is 18.4. The standard InChI is InChI=1S/C29H30O4/c1-5-9-26(30)32-23-16-17-24-25(18-23)29(4,19-28(24,2)3)21-12-14-22(15-13-21)33-27(31)20-10-7-6-8-11-20/h6-8,10-18H,5,9,19H2,1-4H3. The third-order valence-corrected chi connectivity index (χ3v) is 6.51. The van der Waals surface area contributed by atoms with Crippen LogP contribution in [0.1, 0.15) is 74.0 Å². The van der Waals surface area contributed by atoms with Crippen LogP contribution in [0, 0.1) is 0 Å². The van der Waals surface area contributed by atoms with Gasteiger partial charge < -0.3 is 9.47 Å².